The van der Waals surface area contributed by atoms with Crippen LogP contribution >= 0.6 is 0 Å². The van der Waals surface area contributed by atoms with Crippen molar-refractivity contribution in [1.82, 2.24) is 0 Å². The molecule has 0 saturated carbocycles. The van der Waals surface area contributed by atoms with Gasteiger partial charge in [-0.05, 0) is 51.3 Å². The van der Waals surface area contributed by atoms with Crippen LogP contribution in [0.3, 0.4) is 0 Å². The van der Waals surface area contributed by atoms with Gasteiger partial charge in [0.05, 0.1) is 0 Å². The molecule has 0 amide bonds. The van der Waals surface area contributed by atoms with E-state index in [0.717, 1.165) is 35.8 Å². The van der Waals surface area contributed by atoms with Crippen molar-refractivity contribution in [1.29, 1.82) is 0 Å². The van der Waals surface area contributed by atoms with Gasteiger partial charge in [0.2, 0.25) is 0 Å². The van der Waals surface area contributed by atoms with Gasteiger partial charge in [-0.3, -0.25) is 4.79 Å². The van der Waals surface area contributed by atoms with Gasteiger partial charge in [-0.2, -0.15) is 0 Å². The number of fused-ring (bicyclic) bond motifs is 1. The highest BCUT2D eigenvalue weighted by molar-refractivity contribution is 5.85. The fourth-order valence-electron chi connectivity index (χ4n) is 2.38. The van der Waals surface area contributed by atoms with Crippen molar-refractivity contribution in [2.24, 2.45) is 0 Å². The predicted molar refractivity (Wildman–Crippen MR) is 86.6 cm³/mol. The Hall–Kier alpha value is -2.10. The smallest absolute Gasteiger partial charge is 0.336 e. The van der Waals surface area contributed by atoms with Crippen LogP contribution in [0.4, 0.5) is 0 Å². The molecule has 118 valence electrons. The summed E-state index contributed by atoms with van der Waals surface area (Å²) >= 11 is 0. The predicted octanol–water partition coefficient (Wildman–Crippen LogP) is 3.80. The lowest BCUT2D eigenvalue weighted by Gasteiger charge is -2.15. The summed E-state index contributed by atoms with van der Waals surface area (Å²) in [6.45, 7) is 7.16. The molecule has 0 bridgehead atoms. The van der Waals surface area contributed by atoms with Crippen LogP contribution in [0.1, 0.15) is 44.7 Å². The third-order valence-electron chi connectivity index (χ3n) is 3.87. The molecule has 0 N–H and O–H groups in total. The van der Waals surface area contributed by atoms with Gasteiger partial charge in [-0.25, -0.2) is 4.79 Å². The maximum Gasteiger partial charge on any atom is 0.336 e. The molecule has 0 aliphatic heterocycles. The normalized spacial score (nSPS) is 12.4. The highest BCUT2D eigenvalue weighted by Crippen LogP contribution is 2.29. The molecule has 2 aromatic rings. The summed E-state index contributed by atoms with van der Waals surface area (Å²) in [4.78, 5) is 23.2. The van der Waals surface area contributed by atoms with Crippen LogP contribution in [-0.2, 0) is 11.2 Å². The van der Waals surface area contributed by atoms with Gasteiger partial charge in [0, 0.05) is 17.0 Å². The number of hydrogen-bond donors (Lipinski definition) is 0. The zero-order chi connectivity index (χ0) is 16.3. The number of ether oxygens (including phenoxy) is 1. The summed E-state index contributed by atoms with van der Waals surface area (Å²) in [6, 6.07) is 5.31. The van der Waals surface area contributed by atoms with Gasteiger partial charge >= 0.3 is 5.63 Å². The minimum atomic E-state index is -0.522. The van der Waals surface area contributed by atoms with E-state index in [2.05, 4.69) is 6.92 Å². The van der Waals surface area contributed by atoms with E-state index in [1.165, 1.54) is 6.92 Å². The Morgan fingerprint density at radius 1 is 1.36 bits per heavy atom. The number of unbranched alkanes of at least 4 members (excludes halogenated alkanes) is 1. The van der Waals surface area contributed by atoms with Crippen LogP contribution in [0.25, 0.3) is 11.0 Å². The Labute approximate surface area is 130 Å². The van der Waals surface area contributed by atoms with Gasteiger partial charge in [0.1, 0.15) is 11.3 Å². The lowest BCUT2D eigenvalue weighted by Crippen LogP contribution is -2.21. The van der Waals surface area contributed by atoms with Crippen LogP contribution in [0.2, 0.25) is 0 Å². The van der Waals surface area contributed by atoms with E-state index in [9.17, 15) is 9.59 Å². The van der Waals surface area contributed by atoms with Gasteiger partial charge in [0.25, 0.3) is 0 Å². The van der Waals surface area contributed by atoms with Crippen LogP contribution in [0.5, 0.6) is 5.75 Å². The zero-order valence-electron chi connectivity index (χ0n) is 13.6. The number of carbonyl (C=O) groups excluding carboxylic acids is 1. The first-order chi connectivity index (χ1) is 10.4. The SMILES string of the molecule is CCCCc1cc(=O)oc2c(C)c(O[C@H](C)C(C)=O)ccc12. The number of hydrogen-bond acceptors (Lipinski definition) is 4. The first-order valence-electron chi connectivity index (χ1n) is 7.67. The molecular weight excluding hydrogens is 280 g/mol. The Morgan fingerprint density at radius 3 is 2.73 bits per heavy atom. The summed E-state index contributed by atoms with van der Waals surface area (Å²) < 4.78 is 11.0. The minimum absolute atomic E-state index is 0.0438. The number of carbonyl (C=O) groups is 1. The molecule has 1 aromatic heterocycles. The van der Waals surface area contributed by atoms with Crippen molar-refractivity contribution in [2.75, 3.05) is 0 Å². The molecule has 0 fully saturated rings. The van der Waals surface area contributed by atoms with E-state index in [4.69, 9.17) is 9.15 Å². The molecule has 0 unspecified atom stereocenters. The molecule has 22 heavy (non-hydrogen) atoms. The van der Waals surface area contributed by atoms with E-state index in [0.29, 0.717) is 11.3 Å². The van der Waals surface area contributed by atoms with Gasteiger partial charge < -0.3 is 9.15 Å². The van der Waals surface area contributed by atoms with Crippen LogP contribution < -0.4 is 10.4 Å². The maximum atomic E-state index is 11.8. The third kappa shape index (κ3) is 3.38. The highest BCUT2D eigenvalue weighted by Gasteiger charge is 2.15. The highest BCUT2D eigenvalue weighted by atomic mass is 16.5. The quantitative estimate of drug-likeness (QED) is 0.762. The molecule has 0 aliphatic carbocycles. The second kappa shape index (κ2) is 6.77. The topological polar surface area (TPSA) is 56.5 Å². The van der Waals surface area contributed by atoms with Gasteiger partial charge in [-0.1, -0.05) is 13.3 Å². The molecule has 1 atom stereocenters. The number of benzene rings is 1. The average molecular weight is 302 g/mol. The minimum Gasteiger partial charge on any atom is -0.483 e. The molecule has 0 aliphatic rings. The maximum absolute atomic E-state index is 11.8. The first-order valence-corrected chi connectivity index (χ1v) is 7.67. The standard InChI is InChI=1S/C18H22O4/c1-5-6-7-14-10-17(20)22-18-11(2)16(9-8-15(14)18)21-13(4)12(3)19/h8-10,13H,5-7H2,1-4H3/t13-/m1/s1. The molecule has 2 rings (SSSR count). The Balaban J connectivity index is 2.51. The molecule has 4 heteroatoms. The van der Waals surface area contributed by atoms with Crippen molar-refractivity contribution < 1.29 is 13.9 Å². The molecule has 1 heterocycles. The number of aryl methyl sites for hydroxylation is 2. The summed E-state index contributed by atoms with van der Waals surface area (Å²) in [5.41, 5.74) is 1.95. The lowest BCUT2D eigenvalue weighted by atomic mass is 10.0. The second-order valence-corrected chi connectivity index (χ2v) is 5.63. The van der Waals surface area contributed by atoms with E-state index >= 15 is 0 Å². The second-order valence-electron chi connectivity index (χ2n) is 5.63. The molecule has 4 nitrogen and oxygen atoms in total. The van der Waals surface area contributed by atoms with Crippen LogP contribution in [0.15, 0.2) is 27.4 Å². The van der Waals surface area contributed by atoms with E-state index in [-0.39, 0.29) is 11.4 Å². The molecule has 0 spiro atoms. The largest absolute Gasteiger partial charge is 0.483 e. The summed E-state index contributed by atoms with van der Waals surface area (Å²) in [5, 5.41) is 0.938. The Kier molecular flexibility index (Phi) is 5.01. The lowest BCUT2D eigenvalue weighted by molar-refractivity contribution is -0.122. The fraction of sp³-hybridized carbons (Fsp3) is 0.444. The zero-order valence-corrected chi connectivity index (χ0v) is 13.6. The molecule has 0 saturated heterocycles. The summed E-state index contributed by atoms with van der Waals surface area (Å²) in [6.07, 6.45) is 2.42. The van der Waals surface area contributed by atoms with E-state index in [1.54, 1.807) is 13.0 Å². The third-order valence-corrected chi connectivity index (χ3v) is 3.87. The van der Waals surface area contributed by atoms with Crippen LogP contribution in [-0.4, -0.2) is 11.9 Å². The Morgan fingerprint density at radius 2 is 2.09 bits per heavy atom. The number of Topliss-reactive ketones (excluding diaryl/α,β-unsaturated/α-hetero) is 1. The molecular formula is C18H22O4. The van der Waals surface area contributed by atoms with Crippen molar-refractivity contribution in [3.8, 4) is 5.75 Å². The first kappa shape index (κ1) is 16.3. The van der Waals surface area contributed by atoms with Gasteiger partial charge in [0.15, 0.2) is 11.9 Å². The van der Waals surface area contributed by atoms with Crippen molar-refractivity contribution in [3.05, 3.63) is 39.7 Å². The number of ketones is 1. The number of rotatable bonds is 6. The van der Waals surface area contributed by atoms with E-state index < -0.39 is 6.10 Å². The van der Waals surface area contributed by atoms with Crippen molar-refractivity contribution in [2.45, 2.75) is 53.1 Å². The van der Waals surface area contributed by atoms with Crippen molar-refractivity contribution >= 4 is 16.8 Å². The average Bonchev–Trinajstić information content (AvgIpc) is 2.47. The van der Waals surface area contributed by atoms with E-state index in [1.807, 2.05) is 19.1 Å². The monoisotopic (exact) mass is 302 g/mol. The molecule has 1 aromatic carbocycles. The molecule has 0 radical (unpaired) electrons. The summed E-state index contributed by atoms with van der Waals surface area (Å²) in [7, 11) is 0. The fourth-order valence-corrected chi connectivity index (χ4v) is 2.38. The summed E-state index contributed by atoms with van der Waals surface area (Å²) in [5.74, 6) is 0.531. The van der Waals surface area contributed by atoms with Gasteiger partial charge in [-0.15, -0.1) is 0 Å². The van der Waals surface area contributed by atoms with Crippen molar-refractivity contribution in [3.63, 3.8) is 0 Å². The Bertz CT molecular complexity index is 743. The van der Waals surface area contributed by atoms with Crippen LogP contribution in [0, 0.1) is 6.92 Å².